The summed E-state index contributed by atoms with van der Waals surface area (Å²) in [6.07, 6.45) is 2.90. The van der Waals surface area contributed by atoms with E-state index in [0.717, 1.165) is 6.42 Å². The molecule has 0 amide bonds. The molecule has 2 heterocycles. The van der Waals surface area contributed by atoms with E-state index in [1.165, 1.54) is 39.1 Å². The molecule has 0 fully saturated rings. The Morgan fingerprint density at radius 3 is 2.00 bits per heavy atom. The van der Waals surface area contributed by atoms with Crippen LogP contribution in [0.15, 0.2) is 85.1 Å². The topological polar surface area (TPSA) is 17.8 Å². The number of hydrogen-bond donors (Lipinski definition) is 0. The largest absolute Gasteiger partial charge is 0.245 e. The van der Waals surface area contributed by atoms with Gasteiger partial charge in [0.05, 0.1) is 5.69 Å². The molecule has 2 nitrogen and oxygen atoms in total. The summed E-state index contributed by atoms with van der Waals surface area (Å²) in [5.74, 6) is 0. The van der Waals surface area contributed by atoms with Crippen molar-refractivity contribution in [2.75, 3.05) is 0 Å². The molecule has 25 heavy (non-hydrogen) atoms. The van der Waals surface area contributed by atoms with Crippen molar-refractivity contribution in [3.63, 3.8) is 0 Å². The zero-order chi connectivity index (χ0) is 16.4. The summed E-state index contributed by atoms with van der Waals surface area (Å²) in [4.78, 5) is 0. The van der Waals surface area contributed by atoms with Gasteiger partial charge >= 0.3 is 0 Å². The molecule has 1 aliphatic carbocycles. The second-order valence-electron chi connectivity index (χ2n) is 6.88. The Morgan fingerprint density at radius 1 is 0.680 bits per heavy atom. The van der Waals surface area contributed by atoms with E-state index in [1.807, 2.05) is 6.20 Å². The highest BCUT2D eigenvalue weighted by Crippen LogP contribution is 2.54. The first-order chi connectivity index (χ1) is 12.4. The molecule has 0 unspecified atom stereocenters. The monoisotopic (exact) mass is 320 g/mol. The first-order valence-electron chi connectivity index (χ1n) is 8.72. The van der Waals surface area contributed by atoms with E-state index < -0.39 is 0 Å². The predicted octanol–water partition coefficient (Wildman–Crippen LogP) is 4.61. The Balaban J connectivity index is 1.86. The SMILES string of the molecule is c1ccc2c(c1)Cc1ccccc1C21c2ccccc2-c2ccnn21. The average molecular weight is 320 g/mol. The van der Waals surface area contributed by atoms with Gasteiger partial charge in [0, 0.05) is 11.8 Å². The van der Waals surface area contributed by atoms with Crippen LogP contribution in [0.25, 0.3) is 11.3 Å². The highest BCUT2D eigenvalue weighted by molar-refractivity contribution is 5.77. The third kappa shape index (κ3) is 1.44. The maximum Gasteiger partial charge on any atom is 0.139 e. The van der Waals surface area contributed by atoms with Crippen LogP contribution < -0.4 is 0 Å². The van der Waals surface area contributed by atoms with Gasteiger partial charge in [0.2, 0.25) is 0 Å². The predicted molar refractivity (Wildman–Crippen MR) is 98.6 cm³/mol. The van der Waals surface area contributed by atoms with Crippen molar-refractivity contribution in [1.82, 2.24) is 9.78 Å². The van der Waals surface area contributed by atoms with Gasteiger partial charge in [0.25, 0.3) is 0 Å². The number of rotatable bonds is 0. The van der Waals surface area contributed by atoms with Crippen molar-refractivity contribution >= 4 is 0 Å². The second kappa shape index (κ2) is 4.48. The number of aromatic nitrogens is 2. The minimum Gasteiger partial charge on any atom is -0.245 e. The summed E-state index contributed by atoms with van der Waals surface area (Å²) in [6, 6.07) is 28.6. The van der Waals surface area contributed by atoms with Gasteiger partial charge in [-0.2, -0.15) is 5.10 Å². The van der Waals surface area contributed by atoms with Crippen LogP contribution in [0.3, 0.4) is 0 Å². The molecule has 0 atom stereocenters. The molecule has 0 saturated heterocycles. The van der Waals surface area contributed by atoms with Crippen molar-refractivity contribution in [2.24, 2.45) is 0 Å². The highest BCUT2D eigenvalue weighted by atomic mass is 15.3. The van der Waals surface area contributed by atoms with Crippen molar-refractivity contribution in [2.45, 2.75) is 12.0 Å². The maximum absolute atomic E-state index is 4.80. The Morgan fingerprint density at radius 2 is 1.28 bits per heavy atom. The van der Waals surface area contributed by atoms with Gasteiger partial charge in [-0.3, -0.25) is 0 Å². The van der Waals surface area contributed by atoms with Gasteiger partial charge in [-0.1, -0.05) is 72.8 Å². The van der Waals surface area contributed by atoms with Crippen LogP contribution in [0.2, 0.25) is 0 Å². The quantitative estimate of drug-likeness (QED) is 0.400. The fraction of sp³-hybridized carbons (Fsp3) is 0.0870. The molecule has 2 heteroatoms. The van der Waals surface area contributed by atoms with E-state index in [2.05, 4.69) is 83.5 Å². The van der Waals surface area contributed by atoms with Crippen LogP contribution in [-0.4, -0.2) is 9.78 Å². The normalized spacial score (nSPS) is 15.4. The molecule has 2 aliphatic rings. The van der Waals surface area contributed by atoms with Gasteiger partial charge in [-0.05, 0) is 40.3 Å². The fourth-order valence-electron chi connectivity index (χ4n) is 4.83. The van der Waals surface area contributed by atoms with Crippen LogP contribution in [-0.2, 0) is 12.0 Å². The third-order valence-electron chi connectivity index (χ3n) is 5.75. The lowest BCUT2D eigenvalue weighted by Gasteiger charge is -2.39. The van der Waals surface area contributed by atoms with Gasteiger partial charge in [0.15, 0.2) is 0 Å². The molecular weight excluding hydrogens is 304 g/mol. The summed E-state index contributed by atoms with van der Waals surface area (Å²) in [5, 5.41) is 4.80. The first kappa shape index (κ1) is 13.2. The van der Waals surface area contributed by atoms with Crippen molar-refractivity contribution in [1.29, 1.82) is 0 Å². The number of benzene rings is 3. The van der Waals surface area contributed by atoms with E-state index in [-0.39, 0.29) is 5.54 Å². The lowest BCUT2D eigenvalue weighted by molar-refractivity contribution is 0.471. The van der Waals surface area contributed by atoms with Crippen LogP contribution in [0, 0.1) is 0 Å². The lowest BCUT2D eigenvalue weighted by atomic mass is 9.69. The Kier molecular flexibility index (Phi) is 2.37. The van der Waals surface area contributed by atoms with E-state index in [0.29, 0.717) is 0 Å². The average Bonchev–Trinajstić information content (AvgIpc) is 3.24. The van der Waals surface area contributed by atoms with Gasteiger partial charge in [-0.15, -0.1) is 0 Å². The van der Waals surface area contributed by atoms with Crippen molar-refractivity contribution in [3.8, 4) is 11.3 Å². The molecule has 6 rings (SSSR count). The molecule has 4 aromatic rings. The summed E-state index contributed by atoms with van der Waals surface area (Å²) in [5.41, 5.74) is 8.93. The minimum absolute atomic E-state index is 0.360. The van der Waals surface area contributed by atoms with Gasteiger partial charge in [0.1, 0.15) is 5.54 Å². The molecule has 0 bridgehead atoms. The first-order valence-corrected chi connectivity index (χ1v) is 8.72. The molecular formula is C23H16N2. The summed E-state index contributed by atoms with van der Waals surface area (Å²) in [6.45, 7) is 0. The van der Waals surface area contributed by atoms with Crippen LogP contribution in [0.4, 0.5) is 0 Å². The van der Waals surface area contributed by atoms with Crippen molar-refractivity contribution in [3.05, 3.63) is 113 Å². The standard InChI is InChI=1S/C23H16N2/c1-4-10-19-16(7-1)15-17-8-2-5-11-20(17)23(19)21-12-6-3-9-18(21)22-13-14-24-25(22)23/h1-14H,15H2. The molecule has 0 saturated carbocycles. The fourth-order valence-corrected chi connectivity index (χ4v) is 4.83. The van der Waals surface area contributed by atoms with Crippen LogP contribution in [0.5, 0.6) is 0 Å². The van der Waals surface area contributed by atoms with E-state index in [1.54, 1.807) is 0 Å². The molecule has 0 N–H and O–H groups in total. The zero-order valence-electron chi connectivity index (χ0n) is 13.7. The highest BCUT2D eigenvalue weighted by Gasteiger charge is 2.50. The van der Waals surface area contributed by atoms with E-state index >= 15 is 0 Å². The van der Waals surface area contributed by atoms with Crippen molar-refractivity contribution < 1.29 is 0 Å². The zero-order valence-corrected chi connectivity index (χ0v) is 13.7. The lowest BCUT2D eigenvalue weighted by Crippen LogP contribution is -2.40. The maximum atomic E-state index is 4.80. The Labute approximate surface area is 146 Å². The molecule has 3 aromatic carbocycles. The summed E-state index contributed by atoms with van der Waals surface area (Å²) >= 11 is 0. The van der Waals surface area contributed by atoms with Gasteiger partial charge < -0.3 is 0 Å². The van der Waals surface area contributed by atoms with E-state index in [9.17, 15) is 0 Å². The smallest absolute Gasteiger partial charge is 0.139 e. The van der Waals surface area contributed by atoms with Crippen LogP contribution >= 0.6 is 0 Å². The third-order valence-corrected chi connectivity index (χ3v) is 5.75. The molecule has 1 aliphatic heterocycles. The van der Waals surface area contributed by atoms with Crippen LogP contribution in [0.1, 0.15) is 27.8 Å². The second-order valence-corrected chi connectivity index (χ2v) is 6.88. The van der Waals surface area contributed by atoms with Gasteiger partial charge in [-0.25, -0.2) is 4.68 Å². The number of hydrogen-bond acceptors (Lipinski definition) is 1. The Hall–Kier alpha value is -3.13. The molecule has 0 radical (unpaired) electrons. The summed E-state index contributed by atoms with van der Waals surface area (Å²) < 4.78 is 2.23. The number of fused-ring (bicyclic) bond motifs is 9. The van der Waals surface area contributed by atoms with E-state index in [4.69, 9.17) is 5.10 Å². The molecule has 118 valence electrons. The molecule has 1 spiro atoms. The summed E-state index contributed by atoms with van der Waals surface area (Å²) in [7, 11) is 0. The minimum atomic E-state index is -0.360. The number of nitrogens with zero attached hydrogens (tertiary/aromatic N) is 2. The molecule has 1 aromatic heterocycles. The Bertz CT molecular complexity index is 1090.